The van der Waals surface area contributed by atoms with Crippen LogP contribution in [0.4, 0.5) is 0 Å². The predicted molar refractivity (Wildman–Crippen MR) is 118 cm³/mol. The molecule has 0 aromatic carbocycles. The number of piperidine rings is 1. The summed E-state index contributed by atoms with van der Waals surface area (Å²) in [6.45, 7) is 13.0. The van der Waals surface area contributed by atoms with Crippen LogP contribution < -0.4 is 0 Å². The molecule has 3 heterocycles. The van der Waals surface area contributed by atoms with Crippen molar-refractivity contribution in [3.8, 4) is 10.6 Å². The Morgan fingerprint density at radius 1 is 1.34 bits per heavy atom. The summed E-state index contributed by atoms with van der Waals surface area (Å²) >= 11 is 1.69. The van der Waals surface area contributed by atoms with Crippen LogP contribution in [0.1, 0.15) is 51.1 Å². The van der Waals surface area contributed by atoms with Crippen molar-refractivity contribution in [3.05, 3.63) is 35.1 Å². The summed E-state index contributed by atoms with van der Waals surface area (Å²) in [7, 11) is 0. The third kappa shape index (κ3) is 5.04. The van der Waals surface area contributed by atoms with Gasteiger partial charge in [0.05, 0.1) is 5.41 Å². The first-order valence-corrected chi connectivity index (χ1v) is 11.3. The highest BCUT2D eigenvalue weighted by Gasteiger charge is 2.46. The molecule has 0 amide bonds. The van der Waals surface area contributed by atoms with Crippen LogP contribution in [0.15, 0.2) is 24.5 Å². The molecule has 0 bridgehead atoms. The zero-order chi connectivity index (χ0) is 21.2. The molecule has 6 heteroatoms. The third-order valence-corrected chi connectivity index (χ3v) is 7.05. The standard InChI is InChI=1S/C23H33N3O2S/c1-15(2)9-23(22(27)28)10-18(16(3)4)12-26(14-23)13-19-11-25-21(29-19)20-7-6-8-24-17(20)5/h6-8,11,15-16,18H,9-10,12-14H2,1-5H3,(H,27,28). The fourth-order valence-corrected chi connectivity index (χ4v) is 5.66. The third-order valence-electron chi connectivity index (χ3n) is 6.04. The number of likely N-dealkylation sites (tertiary alicyclic amines) is 1. The molecular weight excluding hydrogens is 382 g/mol. The summed E-state index contributed by atoms with van der Waals surface area (Å²) in [6.07, 6.45) is 5.24. The molecule has 2 aromatic heterocycles. The van der Waals surface area contributed by atoms with Crippen LogP contribution in [0.2, 0.25) is 0 Å². The maximum Gasteiger partial charge on any atom is 0.310 e. The Morgan fingerprint density at radius 3 is 2.72 bits per heavy atom. The van der Waals surface area contributed by atoms with E-state index in [0.717, 1.165) is 42.2 Å². The first-order chi connectivity index (χ1) is 13.7. The maximum atomic E-state index is 12.4. The van der Waals surface area contributed by atoms with Crippen molar-refractivity contribution >= 4 is 17.3 Å². The number of pyridine rings is 1. The van der Waals surface area contributed by atoms with Gasteiger partial charge in [0.1, 0.15) is 5.01 Å². The topological polar surface area (TPSA) is 66.3 Å². The number of carboxylic acids is 1. The minimum atomic E-state index is -0.658. The van der Waals surface area contributed by atoms with Crippen LogP contribution >= 0.6 is 11.3 Å². The number of thiazole rings is 1. The van der Waals surface area contributed by atoms with Crippen molar-refractivity contribution in [2.24, 2.45) is 23.2 Å². The van der Waals surface area contributed by atoms with E-state index in [1.165, 1.54) is 4.88 Å². The molecule has 2 atom stereocenters. The van der Waals surface area contributed by atoms with Crippen molar-refractivity contribution in [1.82, 2.24) is 14.9 Å². The zero-order valence-electron chi connectivity index (χ0n) is 18.2. The van der Waals surface area contributed by atoms with Gasteiger partial charge >= 0.3 is 5.97 Å². The van der Waals surface area contributed by atoms with Crippen molar-refractivity contribution < 1.29 is 9.90 Å². The summed E-state index contributed by atoms with van der Waals surface area (Å²) in [5.74, 6) is 0.588. The first kappa shape index (κ1) is 21.9. The smallest absolute Gasteiger partial charge is 0.310 e. The maximum absolute atomic E-state index is 12.4. The molecule has 3 rings (SSSR count). The van der Waals surface area contributed by atoms with Crippen molar-refractivity contribution in [1.29, 1.82) is 0 Å². The lowest BCUT2D eigenvalue weighted by molar-refractivity contribution is -0.156. The molecule has 1 aliphatic rings. The Labute approximate surface area is 178 Å². The molecule has 1 N–H and O–H groups in total. The number of rotatable bonds is 7. The van der Waals surface area contributed by atoms with E-state index < -0.39 is 11.4 Å². The molecule has 0 spiro atoms. The zero-order valence-corrected chi connectivity index (χ0v) is 19.0. The SMILES string of the molecule is Cc1ncccc1-c1ncc(CN2CC(C(C)C)CC(CC(C)C)(C(=O)O)C2)s1. The molecule has 1 fully saturated rings. The number of aliphatic carboxylic acids is 1. The van der Waals surface area contributed by atoms with E-state index in [9.17, 15) is 9.90 Å². The van der Waals surface area contributed by atoms with Gasteiger partial charge in [-0.25, -0.2) is 4.98 Å². The first-order valence-electron chi connectivity index (χ1n) is 10.5. The van der Waals surface area contributed by atoms with Crippen molar-refractivity contribution in [2.75, 3.05) is 13.1 Å². The molecule has 158 valence electrons. The number of aryl methyl sites for hydroxylation is 1. The quantitative estimate of drug-likeness (QED) is 0.681. The molecule has 29 heavy (non-hydrogen) atoms. The van der Waals surface area contributed by atoms with Crippen LogP contribution in [0.3, 0.4) is 0 Å². The summed E-state index contributed by atoms with van der Waals surface area (Å²) in [5, 5.41) is 11.1. The second kappa shape index (κ2) is 8.92. The van der Waals surface area contributed by atoms with E-state index in [0.29, 0.717) is 24.3 Å². The molecule has 2 aromatic rings. The van der Waals surface area contributed by atoms with Crippen LogP contribution in [0.5, 0.6) is 0 Å². The van der Waals surface area contributed by atoms with E-state index in [-0.39, 0.29) is 0 Å². The Morgan fingerprint density at radius 2 is 2.10 bits per heavy atom. The molecule has 5 nitrogen and oxygen atoms in total. The molecule has 0 radical (unpaired) electrons. The summed E-state index contributed by atoms with van der Waals surface area (Å²) in [6, 6.07) is 3.99. The van der Waals surface area contributed by atoms with Crippen molar-refractivity contribution in [2.45, 2.75) is 54.0 Å². The highest BCUT2D eigenvalue weighted by atomic mass is 32.1. The lowest BCUT2D eigenvalue weighted by atomic mass is 9.68. The normalized spacial score (nSPS) is 23.1. The van der Waals surface area contributed by atoms with Gasteiger partial charge in [0.2, 0.25) is 0 Å². The minimum absolute atomic E-state index is 0.363. The van der Waals surface area contributed by atoms with Gasteiger partial charge in [-0.2, -0.15) is 0 Å². The highest BCUT2D eigenvalue weighted by molar-refractivity contribution is 7.15. The van der Waals surface area contributed by atoms with E-state index in [4.69, 9.17) is 0 Å². The van der Waals surface area contributed by atoms with E-state index >= 15 is 0 Å². The molecular formula is C23H33N3O2S. The predicted octanol–water partition coefficient (Wildman–Crippen LogP) is 5.11. The van der Waals surface area contributed by atoms with Crippen LogP contribution in [0.25, 0.3) is 10.6 Å². The highest BCUT2D eigenvalue weighted by Crippen LogP contribution is 2.42. The van der Waals surface area contributed by atoms with Gasteiger partial charge in [0.25, 0.3) is 0 Å². The van der Waals surface area contributed by atoms with E-state index in [1.807, 2.05) is 19.2 Å². The lowest BCUT2D eigenvalue weighted by Crippen LogP contribution is -2.52. The largest absolute Gasteiger partial charge is 0.481 e. The molecule has 0 aliphatic carbocycles. The minimum Gasteiger partial charge on any atom is -0.481 e. The molecule has 0 saturated carbocycles. The van der Waals surface area contributed by atoms with Gasteiger partial charge in [-0.3, -0.25) is 14.7 Å². The van der Waals surface area contributed by atoms with E-state index in [2.05, 4.69) is 48.6 Å². The average Bonchev–Trinajstić information content (AvgIpc) is 3.09. The second-order valence-corrected chi connectivity index (χ2v) is 10.4. The summed E-state index contributed by atoms with van der Waals surface area (Å²) in [5.41, 5.74) is 1.39. The van der Waals surface area contributed by atoms with Gasteiger partial charge in [-0.05, 0) is 49.7 Å². The second-order valence-electron chi connectivity index (χ2n) is 9.33. The monoisotopic (exact) mass is 415 g/mol. The number of carbonyl (C=O) groups is 1. The molecule has 1 aliphatic heterocycles. The summed E-state index contributed by atoms with van der Waals surface area (Å²) in [4.78, 5) is 24.9. The average molecular weight is 416 g/mol. The van der Waals surface area contributed by atoms with Gasteiger partial charge in [0, 0.05) is 48.2 Å². The number of hydrogen-bond acceptors (Lipinski definition) is 5. The Bertz CT molecular complexity index is 848. The fourth-order valence-electron chi connectivity index (χ4n) is 4.63. The van der Waals surface area contributed by atoms with Crippen LogP contribution in [0, 0.1) is 30.1 Å². The number of aromatic nitrogens is 2. The Balaban J connectivity index is 1.82. The van der Waals surface area contributed by atoms with Gasteiger partial charge in [-0.1, -0.05) is 27.7 Å². The van der Waals surface area contributed by atoms with Crippen molar-refractivity contribution in [3.63, 3.8) is 0 Å². The van der Waals surface area contributed by atoms with Crippen LogP contribution in [-0.4, -0.2) is 39.0 Å². The van der Waals surface area contributed by atoms with Gasteiger partial charge < -0.3 is 5.11 Å². The molecule has 1 saturated heterocycles. The van der Waals surface area contributed by atoms with E-state index in [1.54, 1.807) is 17.5 Å². The fraction of sp³-hybridized carbons (Fsp3) is 0.609. The number of carboxylic acid groups (broad SMARTS) is 1. The Hall–Kier alpha value is -1.79. The summed E-state index contributed by atoms with van der Waals surface area (Å²) < 4.78 is 0. The number of hydrogen-bond donors (Lipinski definition) is 1. The Kier molecular flexibility index (Phi) is 6.74. The van der Waals surface area contributed by atoms with Gasteiger partial charge in [0.15, 0.2) is 0 Å². The van der Waals surface area contributed by atoms with Gasteiger partial charge in [-0.15, -0.1) is 11.3 Å². The lowest BCUT2D eigenvalue weighted by Gasteiger charge is -2.46. The molecule has 2 unspecified atom stereocenters. The number of nitrogens with zero attached hydrogens (tertiary/aromatic N) is 3. The van der Waals surface area contributed by atoms with Crippen LogP contribution in [-0.2, 0) is 11.3 Å².